The zero-order valence-corrected chi connectivity index (χ0v) is 12.4. The number of hydrogen-bond acceptors (Lipinski definition) is 3. The number of phenolic OH excluding ortho intramolecular Hbond substituents is 1. The Morgan fingerprint density at radius 3 is 1.95 bits per heavy atom. The molecular weight excluding hydrogens is 371 g/mol. The Hall–Kier alpha value is -2.09. The summed E-state index contributed by atoms with van der Waals surface area (Å²) in [5, 5.41) is 9.53. The van der Waals surface area contributed by atoms with Crippen LogP contribution in [0.2, 0.25) is 0 Å². The highest BCUT2D eigenvalue weighted by Gasteiger charge is 2.13. The molecule has 0 atom stereocenters. The van der Waals surface area contributed by atoms with E-state index in [1.807, 2.05) is 28.7 Å². The third-order valence-electron chi connectivity index (χ3n) is 2.56. The van der Waals surface area contributed by atoms with E-state index in [1.54, 1.807) is 30.3 Å². The first-order valence-corrected chi connectivity index (χ1v) is 6.80. The van der Waals surface area contributed by atoms with Gasteiger partial charge in [0.2, 0.25) is 0 Å². The minimum atomic E-state index is -0.581. The SMILES string of the molecule is O=C(NNC(=O)c1ccccc1I)c1ccccc1O. The Balaban J connectivity index is 2.03. The van der Waals surface area contributed by atoms with E-state index >= 15 is 0 Å². The molecule has 2 rings (SSSR count). The maximum Gasteiger partial charge on any atom is 0.273 e. The minimum Gasteiger partial charge on any atom is -0.507 e. The third-order valence-corrected chi connectivity index (χ3v) is 3.50. The molecule has 0 heterocycles. The molecule has 102 valence electrons. The fourth-order valence-electron chi connectivity index (χ4n) is 1.56. The molecule has 3 N–H and O–H groups in total. The van der Waals surface area contributed by atoms with Gasteiger partial charge >= 0.3 is 0 Å². The fourth-order valence-corrected chi connectivity index (χ4v) is 2.19. The molecule has 0 radical (unpaired) electrons. The summed E-state index contributed by atoms with van der Waals surface area (Å²) < 4.78 is 0.777. The Morgan fingerprint density at radius 2 is 1.35 bits per heavy atom. The predicted octanol–water partition coefficient (Wildman–Crippen LogP) is 2.07. The van der Waals surface area contributed by atoms with Crippen molar-refractivity contribution in [3.05, 3.63) is 63.2 Å². The molecule has 2 aromatic rings. The Morgan fingerprint density at radius 1 is 0.850 bits per heavy atom. The summed E-state index contributed by atoms with van der Waals surface area (Å²) in [5.41, 5.74) is 5.13. The summed E-state index contributed by atoms with van der Waals surface area (Å²) in [6.07, 6.45) is 0. The number of halogens is 1. The van der Waals surface area contributed by atoms with Crippen LogP contribution in [0.4, 0.5) is 0 Å². The van der Waals surface area contributed by atoms with Crippen molar-refractivity contribution >= 4 is 34.4 Å². The maximum atomic E-state index is 11.9. The van der Waals surface area contributed by atoms with E-state index in [0.717, 1.165) is 3.57 Å². The topological polar surface area (TPSA) is 78.4 Å². The van der Waals surface area contributed by atoms with Gasteiger partial charge in [-0.2, -0.15) is 0 Å². The van der Waals surface area contributed by atoms with Gasteiger partial charge in [0.25, 0.3) is 11.8 Å². The molecule has 0 unspecified atom stereocenters. The number of hydrazine groups is 1. The molecule has 0 aliphatic carbocycles. The van der Waals surface area contributed by atoms with Gasteiger partial charge in [0, 0.05) is 3.57 Å². The average molecular weight is 382 g/mol. The molecule has 0 aliphatic rings. The number of rotatable bonds is 2. The van der Waals surface area contributed by atoms with Crippen LogP contribution in [-0.4, -0.2) is 16.9 Å². The first-order chi connectivity index (χ1) is 9.59. The summed E-state index contributed by atoms with van der Waals surface area (Å²) in [7, 11) is 0. The van der Waals surface area contributed by atoms with E-state index in [1.165, 1.54) is 12.1 Å². The maximum absolute atomic E-state index is 11.9. The van der Waals surface area contributed by atoms with E-state index in [2.05, 4.69) is 10.9 Å². The van der Waals surface area contributed by atoms with E-state index in [0.29, 0.717) is 5.56 Å². The summed E-state index contributed by atoms with van der Waals surface area (Å²) in [4.78, 5) is 23.7. The number of carbonyl (C=O) groups is 2. The van der Waals surface area contributed by atoms with Crippen LogP contribution in [0, 0.1) is 3.57 Å². The second kappa shape index (κ2) is 6.38. The lowest BCUT2D eigenvalue weighted by Crippen LogP contribution is -2.41. The van der Waals surface area contributed by atoms with E-state index in [4.69, 9.17) is 0 Å². The number of hydrogen-bond donors (Lipinski definition) is 3. The Kier molecular flexibility index (Phi) is 4.57. The number of nitrogens with one attached hydrogen (secondary N) is 2. The molecule has 2 aromatic carbocycles. The third kappa shape index (κ3) is 3.27. The van der Waals surface area contributed by atoms with E-state index in [9.17, 15) is 14.7 Å². The lowest BCUT2D eigenvalue weighted by Gasteiger charge is -2.09. The van der Waals surface area contributed by atoms with Crippen LogP contribution in [-0.2, 0) is 0 Å². The summed E-state index contributed by atoms with van der Waals surface area (Å²) in [5.74, 6) is -1.14. The van der Waals surface area contributed by atoms with Crippen molar-refractivity contribution in [2.24, 2.45) is 0 Å². The van der Waals surface area contributed by atoms with E-state index < -0.39 is 11.8 Å². The van der Waals surface area contributed by atoms with Crippen molar-refractivity contribution in [1.29, 1.82) is 0 Å². The van der Waals surface area contributed by atoms with Gasteiger partial charge in [-0.1, -0.05) is 24.3 Å². The van der Waals surface area contributed by atoms with Crippen LogP contribution in [0.1, 0.15) is 20.7 Å². The number of amides is 2. The fraction of sp³-hybridized carbons (Fsp3) is 0. The van der Waals surface area contributed by atoms with Crippen molar-refractivity contribution in [3.8, 4) is 5.75 Å². The zero-order chi connectivity index (χ0) is 14.5. The summed E-state index contributed by atoms with van der Waals surface area (Å²) >= 11 is 2.04. The molecule has 0 saturated carbocycles. The summed E-state index contributed by atoms with van der Waals surface area (Å²) in [6, 6.07) is 13.1. The monoisotopic (exact) mass is 382 g/mol. The van der Waals surface area contributed by atoms with Crippen molar-refractivity contribution in [1.82, 2.24) is 10.9 Å². The highest BCUT2D eigenvalue weighted by Crippen LogP contribution is 2.15. The molecule has 0 bridgehead atoms. The molecule has 0 aliphatic heterocycles. The highest BCUT2D eigenvalue weighted by atomic mass is 127. The number of para-hydroxylation sites is 1. The molecular formula is C14H11IN2O3. The van der Waals surface area contributed by atoms with E-state index in [-0.39, 0.29) is 11.3 Å². The number of benzene rings is 2. The Labute approximate surface area is 129 Å². The predicted molar refractivity (Wildman–Crippen MR) is 82.2 cm³/mol. The highest BCUT2D eigenvalue weighted by molar-refractivity contribution is 14.1. The smallest absolute Gasteiger partial charge is 0.273 e. The molecule has 6 heteroatoms. The largest absolute Gasteiger partial charge is 0.507 e. The van der Waals surface area contributed by atoms with Crippen LogP contribution in [0.3, 0.4) is 0 Å². The van der Waals surface area contributed by atoms with Crippen LogP contribution < -0.4 is 10.9 Å². The lowest BCUT2D eigenvalue weighted by molar-refractivity contribution is 0.0844. The molecule has 5 nitrogen and oxygen atoms in total. The van der Waals surface area contributed by atoms with Crippen LogP contribution >= 0.6 is 22.6 Å². The standard InChI is InChI=1S/C14H11IN2O3/c15-11-7-3-1-5-9(11)13(19)16-17-14(20)10-6-2-4-8-12(10)18/h1-8,18H,(H,16,19)(H,17,20). The van der Waals surface area contributed by atoms with Gasteiger partial charge in [0.15, 0.2) is 0 Å². The van der Waals surface area contributed by atoms with Crippen LogP contribution in [0.25, 0.3) is 0 Å². The molecule has 0 fully saturated rings. The first kappa shape index (κ1) is 14.3. The number of phenols is 1. The molecule has 0 saturated heterocycles. The van der Waals surface area contributed by atoms with Crippen molar-refractivity contribution in [2.45, 2.75) is 0 Å². The van der Waals surface area contributed by atoms with Gasteiger partial charge in [-0.15, -0.1) is 0 Å². The van der Waals surface area contributed by atoms with Gasteiger partial charge in [0.05, 0.1) is 11.1 Å². The normalized spacial score (nSPS) is 9.85. The lowest BCUT2D eigenvalue weighted by atomic mass is 10.2. The van der Waals surface area contributed by atoms with Crippen molar-refractivity contribution in [3.63, 3.8) is 0 Å². The average Bonchev–Trinajstić information content (AvgIpc) is 2.45. The van der Waals surface area contributed by atoms with Gasteiger partial charge in [-0.3, -0.25) is 20.4 Å². The molecule has 20 heavy (non-hydrogen) atoms. The number of carbonyl (C=O) groups excluding carboxylic acids is 2. The quantitative estimate of drug-likeness (QED) is 0.550. The molecule has 0 spiro atoms. The van der Waals surface area contributed by atoms with Gasteiger partial charge in [-0.25, -0.2) is 0 Å². The van der Waals surface area contributed by atoms with Gasteiger partial charge in [0.1, 0.15) is 5.75 Å². The van der Waals surface area contributed by atoms with Crippen LogP contribution in [0.15, 0.2) is 48.5 Å². The second-order valence-corrected chi connectivity index (χ2v) is 5.07. The zero-order valence-electron chi connectivity index (χ0n) is 10.3. The first-order valence-electron chi connectivity index (χ1n) is 5.73. The van der Waals surface area contributed by atoms with Gasteiger partial charge < -0.3 is 5.11 Å². The van der Waals surface area contributed by atoms with Gasteiger partial charge in [-0.05, 0) is 46.9 Å². The van der Waals surface area contributed by atoms with Crippen molar-refractivity contribution in [2.75, 3.05) is 0 Å². The van der Waals surface area contributed by atoms with Crippen molar-refractivity contribution < 1.29 is 14.7 Å². The number of aromatic hydroxyl groups is 1. The molecule has 2 amide bonds. The molecule has 0 aromatic heterocycles. The van der Waals surface area contributed by atoms with Crippen LogP contribution in [0.5, 0.6) is 5.75 Å². The minimum absolute atomic E-state index is 0.0931. The second-order valence-electron chi connectivity index (χ2n) is 3.91. The summed E-state index contributed by atoms with van der Waals surface area (Å²) in [6.45, 7) is 0. The Bertz CT molecular complexity index is 601.